The maximum absolute atomic E-state index is 12.5. The number of ketones is 1. The third kappa shape index (κ3) is 5.17. The first-order chi connectivity index (χ1) is 15.9. The van der Waals surface area contributed by atoms with Crippen molar-refractivity contribution in [2.24, 2.45) is 0 Å². The molecule has 6 heteroatoms. The Kier molecular flexibility index (Phi) is 6.33. The lowest BCUT2D eigenvalue weighted by atomic mass is 10.0. The van der Waals surface area contributed by atoms with Crippen LogP contribution in [-0.2, 0) is 0 Å². The topological polar surface area (TPSA) is 87.5 Å². The molecule has 0 bridgehead atoms. The Bertz CT molecular complexity index is 1440. The van der Waals surface area contributed by atoms with Crippen molar-refractivity contribution in [1.29, 1.82) is 0 Å². The number of aromatic carboxylic acids is 1. The van der Waals surface area contributed by atoms with Gasteiger partial charge in [-0.3, -0.25) is 4.79 Å². The summed E-state index contributed by atoms with van der Waals surface area (Å²) in [5.74, 6) is -2.53. The molecule has 0 amide bonds. The van der Waals surface area contributed by atoms with Gasteiger partial charge in [-0.1, -0.05) is 66.2 Å². The fourth-order valence-electron chi connectivity index (χ4n) is 3.33. The molecule has 0 fully saturated rings. The Hall–Kier alpha value is -4.22. The molecular weight excluding hydrogens is 438 g/mol. The molecule has 33 heavy (non-hydrogen) atoms. The Morgan fingerprint density at radius 2 is 1.55 bits per heavy atom. The van der Waals surface area contributed by atoms with Crippen LogP contribution in [0.3, 0.4) is 0 Å². The standard InChI is InChI=1S/C27H18ClNO4/c28-20-15-22(26(31)23(16-20)27(32)33)25(30)13-9-18-5-3-4-17(14-18)8-11-21-12-10-19-6-1-2-7-24(19)29-21/h1-16,31H,(H,32,33). The molecule has 0 atom stereocenters. The lowest BCUT2D eigenvalue weighted by molar-refractivity contribution is 0.0693. The quantitative estimate of drug-likeness (QED) is 0.261. The Labute approximate surface area is 194 Å². The minimum absolute atomic E-state index is 0.0522. The molecule has 3 aromatic carbocycles. The first kappa shape index (κ1) is 22.0. The third-order valence-corrected chi connectivity index (χ3v) is 5.19. The molecular formula is C27H18ClNO4. The smallest absolute Gasteiger partial charge is 0.339 e. The Balaban J connectivity index is 1.54. The molecule has 0 saturated heterocycles. The minimum Gasteiger partial charge on any atom is -0.506 e. The molecule has 0 aliphatic rings. The van der Waals surface area contributed by atoms with Crippen LogP contribution >= 0.6 is 11.6 Å². The van der Waals surface area contributed by atoms with Gasteiger partial charge < -0.3 is 10.2 Å². The second-order valence-electron chi connectivity index (χ2n) is 7.28. The number of carboxylic acids is 1. The highest BCUT2D eigenvalue weighted by Crippen LogP contribution is 2.28. The maximum atomic E-state index is 12.5. The van der Waals surface area contributed by atoms with E-state index < -0.39 is 23.1 Å². The number of fused-ring (bicyclic) bond motifs is 1. The van der Waals surface area contributed by atoms with Gasteiger partial charge in [-0.15, -0.1) is 0 Å². The van der Waals surface area contributed by atoms with Crippen molar-refractivity contribution in [3.8, 4) is 5.75 Å². The predicted molar refractivity (Wildman–Crippen MR) is 131 cm³/mol. The SMILES string of the molecule is O=C(O)c1cc(Cl)cc(C(=O)C=Cc2cccc(C=Cc3ccc4ccccc4n3)c2)c1O. The van der Waals surface area contributed by atoms with E-state index in [9.17, 15) is 14.7 Å². The van der Waals surface area contributed by atoms with Crippen LogP contribution in [0.2, 0.25) is 5.02 Å². The number of hydrogen-bond donors (Lipinski definition) is 2. The van der Waals surface area contributed by atoms with Gasteiger partial charge in [-0.05, 0) is 53.6 Å². The summed E-state index contributed by atoms with van der Waals surface area (Å²) < 4.78 is 0. The molecule has 4 rings (SSSR count). The van der Waals surface area contributed by atoms with E-state index >= 15 is 0 Å². The number of hydrogen-bond acceptors (Lipinski definition) is 4. The summed E-state index contributed by atoms with van der Waals surface area (Å²) in [4.78, 5) is 28.4. The van der Waals surface area contributed by atoms with Crippen LogP contribution in [0.4, 0.5) is 0 Å². The summed E-state index contributed by atoms with van der Waals surface area (Å²) in [6, 6.07) is 21.7. The van der Waals surface area contributed by atoms with Gasteiger partial charge in [0.1, 0.15) is 11.3 Å². The number of phenols is 1. The van der Waals surface area contributed by atoms with Gasteiger partial charge in [-0.2, -0.15) is 0 Å². The normalized spacial score (nSPS) is 11.4. The molecule has 2 N–H and O–H groups in total. The first-order valence-electron chi connectivity index (χ1n) is 10.0. The van der Waals surface area contributed by atoms with Crippen LogP contribution in [-0.4, -0.2) is 26.9 Å². The fraction of sp³-hybridized carbons (Fsp3) is 0. The molecule has 162 valence electrons. The molecule has 0 spiro atoms. The van der Waals surface area contributed by atoms with E-state index in [0.717, 1.165) is 33.8 Å². The van der Waals surface area contributed by atoms with Crippen molar-refractivity contribution in [3.05, 3.63) is 112 Å². The summed E-state index contributed by atoms with van der Waals surface area (Å²) in [5, 5.41) is 20.4. The van der Waals surface area contributed by atoms with Gasteiger partial charge >= 0.3 is 5.97 Å². The largest absolute Gasteiger partial charge is 0.506 e. The van der Waals surface area contributed by atoms with Crippen molar-refractivity contribution in [1.82, 2.24) is 4.98 Å². The van der Waals surface area contributed by atoms with Crippen molar-refractivity contribution >= 4 is 52.5 Å². The monoisotopic (exact) mass is 455 g/mol. The predicted octanol–water partition coefficient (Wildman–Crippen LogP) is 6.36. The second-order valence-corrected chi connectivity index (χ2v) is 7.72. The lowest BCUT2D eigenvalue weighted by Crippen LogP contribution is -2.03. The fourth-order valence-corrected chi connectivity index (χ4v) is 3.55. The molecule has 1 aromatic heterocycles. The molecule has 0 radical (unpaired) electrons. The van der Waals surface area contributed by atoms with Gasteiger partial charge in [0.15, 0.2) is 5.78 Å². The zero-order chi connectivity index (χ0) is 23.4. The van der Waals surface area contributed by atoms with E-state index in [1.54, 1.807) is 6.08 Å². The Morgan fingerprint density at radius 3 is 2.33 bits per heavy atom. The van der Waals surface area contributed by atoms with Crippen molar-refractivity contribution < 1.29 is 19.8 Å². The average molecular weight is 456 g/mol. The minimum atomic E-state index is -1.37. The van der Waals surface area contributed by atoms with E-state index in [4.69, 9.17) is 16.7 Å². The highest BCUT2D eigenvalue weighted by Gasteiger charge is 2.18. The summed E-state index contributed by atoms with van der Waals surface area (Å²) >= 11 is 5.90. The van der Waals surface area contributed by atoms with Crippen molar-refractivity contribution in [3.63, 3.8) is 0 Å². The number of aromatic hydroxyl groups is 1. The second kappa shape index (κ2) is 9.51. The van der Waals surface area contributed by atoms with Crippen LogP contribution in [0.5, 0.6) is 5.75 Å². The summed E-state index contributed by atoms with van der Waals surface area (Å²) in [7, 11) is 0. The molecule has 0 aliphatic heterocycles. The zero-order valence-corrected chi connectivity index (χ0v) is 18.0. The molecule has 4 aromatic rings. The van der Waals surface area contributed by atoms with Gasteiger partial charge in [-0.25, -0.2) is 9.78 Å². The summed E-state index contributed by atoms with van der Waals surface area (Å²) in [5.41, 5.74) is 2.83. The number of pyridine rings is 1. The molecule has 0 saturated carbocycles. The van der Waals surface area contributed by atoms with Crippen molar-refractivity contribution in [2.75, 3.05) is 0 Å². The van der Waals surface area contributed by atoms with Crippen LogP contribution in [0.25, 0.3) is 29.1 Å². The van der Waals surface area contributed by atoms with Crippen LogP contribution in [0.15, 0.2) is 78.9 Å². The van der Waals surface area contributed by atoms with E-state index in [2.05, 4.69) is 4.98 Å². The van der Waals surface area contributed by atoms with Gasteiger partial charge in [0.05, 0.1) is 16.8 Å². The Morgan fingerprint density at radius 1 is 0.818 bits per heavy atom. The highest BCUT2D eigenvalue weighted by atomic mass is 35.5. The highest BCUT2D eigenvalue weighted by molar-refractivity contribution is 6.31. The number of aromatic nitrogens is 1. The van der Waals surface area contributed by atoms with Gasteiger partial charge in [0, 0.05) is 10.4 Å². The lowest BCUT2D eigenvalue weighted by Gasteiger charge is -2.05. The van der Waals surface area contributed by atoms with Crippen LogP contribution in [0, 0.1) is 0 Å². The number of carboxylic acid groups (broad SMARTS) is 1. The number of carbonyl (C=O) groups excluding carboxylic acids is 1. The van der Waals surface area contributed by atoms with Crippen LogP contribution in [0.1, 0.15) is 37.5 Å². The molecule has 1 heterocycles. The van der Waals surface area contributed by atoms with E-state index in [1.165, 1.54) is 12.1 Å². The van der Waals surface area contributed by atoms with E-state index in [-0.39, 0.29) is 10.6 Å². The van der Waals surface area contributed by atoms with E-state index in [0.29, 0.717) is 0 Å². The number of para-hydroxylation sites is 1. The maximum Gasteiger partial charge on any atom is 0.339 e. The van der Waals surface area contributed by atoms with E-state index in [1.807, 2.05) is 72.8 Å². The first-order valence-corrected chi connectivity index (χ1v) is 10.4. The van der Waals surface area contributed by atoms with Gasteiger partial charge in [0.25, 0.3) is 0 Å². The molecule has 5 nitrogen and oxygen atoms in total. The number of nitrogens with zero attached hydrogens (tertiary/aromatic N) is 1. The average Bonchev–Trinajstić information content (AvgIpc) is 2.82. The number of carbonyl (C=O) groups is 2. The van der Waals surface area contributed by atoms with Gasteiger partial charge in [0.2, 0.25) is 0 Å². The van der Waals surface area contributed by atoms with Crippen molar-refractivity contribution in [2.45, 2.75) is 0 Å². The summed E-state index contributed by atoms with van der Waals surface area (Å²) in [6.45, 7) is 0. The summed E-state index contributed by atoms with van der Waals surface area (Å²) in [6.07, 6.45) is 6.70. The number of allylic oxidation sites excluding steroid dienone is 1. The third-order valence-electron chi connectivity index (χ3n) is 4.97. The molecule has 0 aliphatic carbocycles. The number of rotatable bonds is 6. The number of benzene rings is 3. The number of halogens is 1. The molecule has 0 unspecified atom stereocenters. The zero-order valence-electron chi connectivity index (χ0n) is 17.3. The van der Waals surface area contributed by atoms with Crippen LogP contribution < -0.4 is 0 Å².